The van der Waals surface area contributed by atoms with E-state index >= 15 is 0 Å². The molecule has 4 aliphatic carbocycles. The van der Waals surface area contributed by atoms with Crippen LogP contribution < -0.4 is 24.8 Å². The van der Waals surface area contributed by atoms with Crippen molar-refractivity contribution >= 4 is 26.5 Å². The van der Waals surface area contributed by atoms with Gasteiger partial charge in [-0.2, -0.15) is 18.2 Å². The molecule has 0 saturated heterocycles. The zero-order chi connectivity index (χ0) is 32.4. The van der Waals surface area contributed by atoms with E-state index < -0.39 is 0 Å². The third kappa shape index (κ3) is 8.18. The second-order valence-electron chi connectivity index (χ2n) is 14.4. The normalized spacial score (nSPS) is 24.4. The van der Waals surface area contributed by atoms with Gasteiger partial charge < -0.3 is 24.8 Å². The summed E-state index contributed by atoms with van der Waals surface area (Å²) in [6, 6.07) is 35.2. The Hall–Kier alpha value is -1.48. The SMILES string of the molecule is C[C-]1C2=C3Cc4ccccc4C3C3CCCCC3C2CC(C)C1(C)C.Clc1cccc([C](=[Hf+2])c2cccc(Cl)c2)c1.[Cl-].[Cl-].c1cc[cH-]c1. The molecule has 0 N–H and O–H groups in total. The summed E-state index contributed by atoms with van der Waals surface area (Å²) in [4.78, 5) is 0. The first-order valence-electron chi connectivity index (χ1n) is 17.1. The molecule has 5 heteroatoms. The Balaban J connectivity index is 0.000000195. The Labute approximate surface area is 326 Å². The topological polar surface area (TPSA) is 0 Å². The number of halogens is 4. The molecule has 0 aliphatic heterocycles. The van der Waals surface area contributed by atoms with Crippen LogP contribution in [0, 0.1) is 35.0 Å². The number of hydrogen-bond donors (Lipinski definition) is 0. The molecule has 4 aromatic rings. The predicted molar refractivity (Wildman–Crippen MR) is 193 cm³/mol. The van der Waals surface area contributed by atoms with Gasteiger partial charge in [-0.3, -0.25) is 0 Å². The molecular formula is C43H46Cl4Hf-2. The largest absolute Gasteiger partial charge is 1.00 e. The minimum Gasteiger partial charge on any atom is -1.00 e. The Bertz CT molecular complexity index is 1620. The van der Waals surface area contributed by atoms with Crippen LogP contribution >= 0.6 is 23.2 Å². The number of fused-ring (bicyclic) bond motifs is 7. The van der Waals surface area contributed by atoms with Crippen molar-refractivity contribution in [1.82, 2.24) is 0 Å². The van der Waals surface area contributed by atoms with Gasteiger partial charge in [-0.1, -0.05) is 99.1 Å². The van der Waals surface area contributed by atoms with E-state index in [0.717, 1.165) is 63.5 Å². The minimum absolute atomic E-state index is 0. The van der Waals surface area contributed by atoms with E-state index in [2.05, 4.69) is 64.1 Å². The first-order valence-corrected chi connectivity index (χ1v) is 19.6. The summed E-state index contributed by atoms with van der Waals surface area (Å²) in [5.74, 6) is 6.00. The van der Waals surface area contributed by atoms with Crippen LogP contribution in [0.25, 0.3) is 0 Å². The first-order chi connectivity index (χ1) is 22.2. The van der Waals surface area contributed by atoms with Crippen LogP contribution in [0.4, 0.5) is 0 Å². The van der Waals surface area contributed by atoms with Gasteiger partial charge in [-0.15, -0.1) is 6.92 Å². The molecule has 0 aromatic heterocycles. The van der Waals surface area contributed by atoms with E-state index in [-0.39, 0.29) is 24.8 Å². The van der Waals surface area contributed by atoms with Gasteiger partial charge in [0.15, 0.2) is 0 Å². The quantitative estimate of drug-likeness (QED) is 0.165. The molecule has 252 valence electrons. The molecule has 2 saturated carbocycles. The molecule has 2 fully saturated rings. The molecule has 0 nitrogen and oxygen atoms in total. The maximum absolute atomic E-state index is 5.98. The molecule has 8 rings (SSSR count). The smallest absolute Gasteiger partial charge is 0.172 e. The summed E-state index contributed by atoms with van der Waals surface area (Å²) in [7, 11) is 0. The Morgan fingerprint density at radius 1 is 0.812 bits per heavy atom. The van der Waals surface area contributed by atoms with Gasteiger partial charge in [0.2, 0.25) is 0 Å². The van der Waals surface area contributed by atoms with Crippen molar-refractivity contribution in [2.75, 3.05) is 0 Å². The van der Waals surface area contributed by atoms with Gasteiger partial charge in [0.25, 0.3) is 0 Å². The van der Waals surface area contributed by atoms with Crippen molar-refractivity contribution in [3.05, 3.63) is 152 Å². The second kappa shape index (κ2) is 17.2. The summed E-state index contributed by atoms with van der Waals surface area (Å²) >= 11 is 12.9. The van der Waals surface area contributed by atoms with E-state index in [9.17, 15) is 0 Å². The maximum Gasteiger partial charge on any atom is -0.172 e. The van der Waals surface area contributed by atoms with Crippen LogP contribution in [0.5, 0.6) is 0 Å². The fourth-order valence-corrected chi connectivity index (χ4v) is 10.3. The van der Waals surface area contributed by atoms with Gasteiger partial charge in [-0.05, 0) is 30.6 Å². The molecule has 4 aromatic carbocycles. The van der Waals surface area contributed by atoms with Crippen molar-refractivity contribution in [2.45, 2.75) is 72.1 Å². The van der Waals surface area contributed by atoms with Crippen LogP contribution in [0.3, 0.4) is 0 Å². The Kier molecular flexibility index (Phi) is 14.0. The van der Waals surface area contributed by atoms with Crippen molar-refractivity contribution in [2.24, 2.45) is 29.1 Å². The molecule has 48 heavy (non-hydrogen) atoms. The van der Waals surface area contributed by atoms with Gasteiger partial charge in [0.1, 0.15) is 0 Å². The fraction of sp³-hybridized carbons (Fsp3) is 0.372. The van der Waals surface area contributed by atoms with Crippen LogP contribution in [-0.2, 0) is 30.3 Å². The van der Waals surface area contributed by atoms with Crippen molar-refractivity contribution in [3.8, 4) is 0 Å². The molecule has 4 aliphatic rings. The van der Waals surface area contributed by atoms with E-state index in [0.29, 0.717) is 5.41 Å². The number of hydrogen-bond acceptors (Lipinski definition) is 0. The first kappa shape index (κ1) is 39.3. The maximum atomic E-state index is 5.98. The molecule has 0 bridgehead atoms. The molecule has 0 heterocycles. The summed E-state index contributed by atoms with van der Waals surface area (Å²) in [6.45, 7) is 9.99. The number of allylic oxidation sites excluding steroid dienone is 2. The molecule has 0 radical (unpaired) electrons. The predicted octanol–water partition coefficient (Wildman–Crippen LogP) is 6.24. The van der Waals surface area contributed by atoms with Crippen LogP contribution in [0.2, 0.25) is 10.0 Å². The third-order valence-corrected chi connectivity index (χ3v) is 14.2. The van der Waals surface area contributed by atoms with Gasteiger partial charge in [-0.25, -0.2) is 29.2 Å². The van der Waals surface area contributed by atoms with Crippen molar-refractivity contribution in [1.29, 1.82) is 0 Å². The molecule has 5 unspecified atom stereocenters. The fourth-order valence-electron chi connectivity index (χ4n) is 8.79. The van der Waals surface area contributed by atoms with Gasteiger partial charge in [0, 0.05) is 0 Å². The van der Waals surface area contributed by atoms with Crippen molar-refractivity contribution < 1.29 is 48.7 Å². The summed E-state index contributed by atoms with van der Waals surface area (Å²) in [5.41, 5.74) is 9.72. The van der Waals surface area contributed by atoms with Crippen molar-refractivity contribution in [3.63, 3.8) is 0 Å². The van der Waals surface area contributed by atoms with Gasteiger partial charge in [0.05, 0.1) is 0 Å². The van der Waals surface area contributed by atoms with Crippen LogP contribution in [-0.4, -0.2) is 3.26 Å². The van der Waals surface area contributed by atoms with Gasteiger partial charge >= 0.3 is 120 Å². The minimum atomic E-state index is 0. The average Bonchev–Trinajstić information content (AvgIpc) is 3.76. The van der Waals surface area contributed by atoms with E-state index in [1.165, 1.54) is 52.9 Å². The summed E-state index contributed by atoms with van der Waals surface area (Å²) in [5, 5.41) is 1.54. The zero-order valence-electron chi connectivity index (χ0n) is 28.5. The molecule has 0 amide bonds. The zero-order valence-corrected chi connectivity index (χ0v) is 35.1. The number of benzene rings is 3. The third-order valence-electron chi connectivity index (χ3n) is 11.7. The second-order valence-corrected chi connectivity index (χ2v) is 17.0. The Morgan fingerprint density at radius 2 is 1.40 bits per heavy atom. The summed E-state index contributed by atoms with van der Waals surface area (Å²) in [6.07, 6.45) is 8.52. The molecule has 5 atom stereocenters. The average molecular weight is 883 g/mol. The standard InChI is InChI=1S/C25H33.C13H8Cl2.C5H5.2ClH.Hf/c1-15-13-21-19-11-7-8-12-20(19)24-18-10-6-5-9-17(18)14-22(24)23(21)16(2)25(15,3)4;14-12-5-1-3-10(8-12)7-11-4-2-6-13(15)9-11;1-2-4-5-3-1;;;/h5-6,9-10,15,19-21,24H,7-8,11-14H2,1-4H3;1-6,8-9H;1-5H;2*1H;/q-1;;-1;;;+2/p-2. The molecule has 0 spiro atoms. The van der Waals surface area contributed by atoms with E-state index in [1.54, 1.807) is 17.0 Å². The molecular weight excluding hydrogens is 837 g/mol. The van der Waals surface area contributed by atoms with E-state index in [4.69, 9.17) is 23.2 Å². The van der Waals surface area contributed by atoms with Crippen LogP contribution in [0.15, 0.2) is 114 Å². The summed E-state index contributed by atoms with van der Waals surface area (Å²) < 4.78 is 1.31. The monoisotopic (exact) mass is 882 g/mol. The van der Waals surface area contributed by atoms with E-state index in [1.807, 2.05) is 77.9 Å². The Morgan fingerprint density at radius 3 is 1.96 bits per heavy atom. The van der Waals surface area contributed by atoms with Crippen LogP contribution in [0.1, 0.15) is 88.0 Å². The number of rotatable bonds is 2.